The van der Waals surface area contributed by atoms with Crippen LogP contribution in [0.25, 0.3) is 0 Å². The Morgan fingerprint density at radius 2 is 1.46 bits per heavy atom. The lowest BCUT2D eigenvalue weighted by Gasteiger charge is -2.10. The molecule has 0 radical (unpaired) electrons. The van der Waals surface area contributed by atoms with Crippen LogP contribution in [0.1, 0.15) is 36.0 Å². The summed E-state index contributed by atoms with van der Waals surface area (Å²) in [5.41, 5.74) is 4.43. The number of hydrogen-bond donors (Lipinski definition) is 3. The Balaban J connectivity index is 1.32. The van der Waals surface area contributed by atoms with Crippen molar-refractivity contribution in [1.82, 2.24) is 5.32 Å². The zero-order valence-corrected chi connectivity index (χ0v) is 21.1. The fourth-order valence-electron chi connectivity index (χ4n) is 3.56. The van der Waals surface area contributed by atoms with Crippen LogP contribution in [-0.2, 0) is 27.3 Å². The summed E-state index contributed by atoms with van der Waals surface area (Å²) in [5, 5.41) is 8.50. The molecule has 3 aromatic carbocycles. The molecule has 0 bridgehead atoms. The van der Waals surface area contributed by atoms with Crippen LogP contribution < -0.4 is 20.7 Å². The molecule has 3 aromatic rings. The molecular weight excluding hydrogens is 466 g/mol. The van der Waals surface area contributed by atoms with E-state index in [0.717, 1.165) is 22.4 Å². The molecule has 0 atom stereocenters. The number of ether oxygens (including phenoxy) is 1. The van der Waals surface area contributed by atoms with E-state index in [9.17, 15) is 14.4 Å². The van der Waals surface area contributed by atoms with E-state index in [2.05, 4.69) is 22.5 Å². The summed E-state index contributed by atoms with van der Waals surface area (Å²) in [7, 11) is 0. The molecule has 0 unspecified atom stereocenters. The molecule has 7 heteroatoms. The van der Waals surface area contributed by atoms with Crippen LogP contribution in [0.2, 0.25) is 0 Å². The Hall–Kier alpha value is -4.39. The van der Waals surface area contributed by atoms with Crippen molar-refractivity contribution in [3.05, 3.63) is 102 Å². The van der Waals surface area contributed by atoms with Crippen LogP contribution >= 0.6 is 0 Å². The second-order valence-corrected chi connectivity index (χ2v) is 8.63. The normalized spacial score (nSPS) is 10.3. The van der Waals surface area contributed by atoms with Crippen molar-refractivity contribution in [1.29, 1.82) is 0 Å². The van der Waals surface area contributed by atoms with Gasteiger partial charge in [0.1, 0.15) is 5.75 Å². The smallest absolute Gasteiger partial charge is 0.247 e. The molecule has 3 rings (SSSR count). The van der Waals surface area contributed by atoms with E-state index >= 15 is 0 Å². The maximum Gasteiger partial charge on any atom is 0.247 e. The van der Waals surface area contributed by atoms with Gasteiger partial charge in [-0.25, -0.2) is 0 Å². The van der Waals surface area contributed by atoms with Crippen LogP contribution in [0.15, 0.2) is 85.5 Å². The van der Waals surface area contributed by atoms with Gasteiger partial charge in [0, 0.05) is 30.8 Å². The Kier molecular flexibility index (Phi) is 10.5. The largest absolute Gasteiger partial charge is 0.493 e. The lowest BCUT2D eigenvalue weighted by Crippen LogP contribution is -2.23. The Bertz CT molecular complexity index is 1200. The van der Waals surface area contributed by atoms with Crippen LogP contribution in [0.4, 0.5) is 11.4 Å². The Labute approximate surface area is 217 Å². The first-order valence-corrected chi connectivity index (χ1v) is 12.3. The van der Waals surface area contributed by atoms with Gasteiger partial charge in [0.2, 0.25) is 17.7 Å². The number of anilines is 2. The number of aryl methyl sites for hydroxylation is 2. The van der Waals surface area contributed by atoms with E-state index in [0.29, 0.717) is 50.2 Å². The molecule has 0 saturated heterocycles. The van der Waals surface area contributed by atoms with E-state index in [4.69, 9.17) is 4.74 Å². The third-order valence-electron chi connectivity index (χ3n) is 5.67. The minimum Gasteiger partial charge on any atom is -0.493 e. The highest BCUT2D eigenvalue weighted by molar-refractivity contribution is 5.98. The van der Waals surface area contributed by atoms with Gasteiger partial charge in [0.05, 0.1) is 6.61 Å². The fraction of sp³-hybridized carbons (Fsp3) is 0.233. The zero-order chi connectivity index (χ0) is 26.5. The molecule has 3 amide bonds. The number of carbonyl (C=O) groups excluding carboxylic acids is 3. The molecule has 0 fully saturated rings. The van der Waals surface area contributed by atoms with E-state index in [-0.39, 0.29) is 17.7 Å². The molecular formula is C30H33N3O4. The first-order chi connectivity index (χ1) is 17.9. The predicted molar refractivity (Wildman–Crippen MR) is 146 cm³/mol. The van der Waals surface area contributed by atoms with E-state index in [1.165, 1.54) is 6.08 Å². The number of nitrogens with one attached hydrogen (secondary N) is 3. The highest BCUT2D eigenvalue weighted by Crippen LogP contribution is 2.17. The minimum absolute atomic E-state index is 0.0469. The van der Waals surface area contributed by atoms with Crippen molar-refractivity contribution in [2.75, 3.05) is 17.2 Å². The van der Waals surface area contributed by atoms with Crippen molar-refractivity contribution in [3.8, 4) is 5.75 Å². The molecule has 37 heavy (non-hydrogen) atoms. The maximum atomic E-state index is 12.2. The topological polar surface area (TPSA) is 96.5 Å². The first-order valence-electron chi connectivity index (χ1n) is 12.3. The van der Waals surface area contributed by atoms with Gasteiger partial charge < -0.3 is 20.7 Å². The Morgan fingerprint density at radius 3 is 2.14 bits per heavy atom. The number of hydrogen-bond acceptors (Lipinski definition) is 4. The molecule has 0 saturated carbocycles. The second-order valence-electron chi connectivity index (χ2n) is 8.63. The van der Waals surface area contributed by atoms with Gasteiger partial charge >= 0.3 is 0 Å². The van der Waals surface area contributed by atoms with Crippen molar-refractivity contribution in [2.24, 2.45) is 0 Å². The third-order valence-corrected chi connectivity index (χ3v) is 5.67. The summed E-state index contributed by atoms with van der Waals surface area (Å²) < 4.78 is 5.73. The number of para-hydroxylation sites is 1. The number of benzene rings is 3. The molecule has 0 aliphatic heterocycles. The van der Waals surface area contributed by atoms with Gasteiger partial charge in [0.15, 0.2) is 0 Å². The monoisotopic (exact) mass is 499 g/mol. The SMILES string of the molecule is C=CC(=O)Nc1ccc(CCC(=O)NCc2ccc(NC(=O)CCCOc3ccccc3C)cc2)cc1. The highest BCUT2D eigenvalue weighted by atomic mass is 16.5. The number of rotatable bonds is 13. The van der Waals surface area contributed by atoms with Gasteiger partial charge in [-0.2, -0.15) is 0 Å². The standard InChI is InChI=1S/C30H33N3O4/c1-3-28(34)32-25-15-10-23(11-16-25)14-19-29(35)31-21-24-12-17-26(18-13-24)33-30(36)9-6-20-37-27-8-5-4-7-22(27)2/h3-5,7-8,10-13,15-18H,1,6,9,14,19-21H2,2H3,(H,31,35)(H,32,34)(H,33,36). The Morgan fingerprint density at radius 1 is 0.811 bits per heavy atom. The van der Waals surface area contributed by atoms with Crippen LogP contribution in [0.5, 0.6) is 5.75 Å². The summed E-state index contributed by atoms with van der Waals surface area (Å²) in [6.45, 7) is 6.31. The van der Waals surface area contributed by atoms with Gasteiger partial charge in [0.25, 0.3) is 0 Å². The van der Waals surface area contributed by atoms with E-state index in [1.54, 1.807) is 12.1 Å². The average Bonchev–Trinajstić information content (AvgIpc) is 2.91. The summed E-state index contributed by atoms with van der Waals surface area (Å²) in [6, 6.07) is 22.6. The van der Waals surface area contributed by atoms with Crippen LogP contribution in [0.3, 0.4) is 0 Å². The second kappa shape index (κ2) is 14.2. The first kappa shape index (κ1) is 27.2. The number of carbonyl (C=O) groups is 3. The van der Waals surface area contributed by atoms with Gasteiger partial charge in [-0.05, 0) is 72.9 Å². The van der Waals surface area contributed by atoms with E-state index in [1.807, 2.05) is 67.6 Å². The summed E-state index contributed by atoms with van der Waals surface area (Å²) in [5.74, 6) is 0.470. The molecule has 0 aliphatic rings. The summed E-state index contributed by atoms with van der Waals surface area (Å²) in [4.78, 5) is 35.8. The fourth-order valence-corrected chi connectivity index (χ4v) is 3.56. The average molecular weight is 500 g/mol. The molecule has 7 nitrogen and oxygen atoms in total. The van der Waals surface area contributed by atoms with Crippen molar-refractivity contribution in [3.63, 3.8) is 0 Å². The molecule has 3 N–H and O–H groups in total. The van der Waals surface area contributed by atoms with Gasteiger partial charge in [-0.1, -0.05) is 49.0 Å². The van der Waals surface area contributed by atoms with Gasteiger partial charge in [-0.15, -0.1) is 0 Å². The molecule has 0 aromatic heterocycles. The zero-order valence-electron chi connectivity index (χ0n) is 21.1. The van der Waals surface area contributed by atoms with E-state index < -0.39 is 0 Å². The third kappa shape index (κ3) is 9.64. The predicted octanol–water partition coefficient (Wildman–Crippen LogP) is 5.17. The lowest BCUT2D eigenvalue weighted by molar-refractivity contribution is -0.121. The molecule has 0 aliphatic carbocycles. The van der Waals surface area contributed by atoms with Crippen LogP contribution in [0, 0.1) is 6.92 Å². The summed E-state index contributed by atoms with van der Waals surface area (Å²) in [6.07, 6.45) is 3.17. The van der Waals surface area contributed by atoms with Crippen molar-refractivity contribution in [2.45, 2.75) is 39.2 Å². The molecule has 0 heterocycles. The van der Waals surface area contributed by atoms with Crippen molar-refractivity contribution < 1.29 is 19.1 Å². The summed E-state index contributed by atoms with van der Waals surface area (Å²) >= 11 is 0. The lowest BCUT2D eigenvalue weighted by atomic mass is 10.1. The molecule has 0 spiro atoms. The number of amides is 3. The van der Waals surface area contributed by atoms with Crippen LogP contribution in [-0.4, -0.2) is 24.3 Å². The highest BCUT2D eigenvalue weighted by Gasteiger charge is 2.06. The van der Waals surface area contributed by atoms with Crippen molar-refractivity contribution >= 4 is 29.1 Å². The minimum atomic E-state index is -0.262. The quantitative estimate of drug-likeness (QED) is 0.223. The van der Waals surface area contributed by atoms with Gasteiger partial charge in [-0.3, -0.25) is 14.4 Å². The maximum absolute atomic E-state index is 12.2. The molecule has 192 valence electrons.